The molecule has 2 rings (SSSR count). The molecule has 0 amide bonds. The molecule has 19 heavy (non-hydrogen) atoms. The van der Waals surface area contributed by atoms with Crippen LogP contribution in [0.25, 0.3) is 0 Å². The van der Waals surface area contributed by atoms with Crippen LogP contribution in [0.4, 0.5) is 0 Å². The van der Waals surface area contributed by atoms with Gasteiger partial charge in [-0.25, -0.2) is 0 Å². The van der Waals surface area contributed by atoms with Gasteiger partial charge in [0.25, 0.3) is 0 Å². The minimum absolute atomic E-state index is 0.322. The molecule has 5 heteroatoms. The van der Waals surface area contributed by atoms with Gasteiger partial charge in [0, 0.05) is 12.1 Å². The summed E-state index contributed by atoms with van der Waals surface area (Å²) in [7, 11) is 0. The van der Waals surface area contributed by atoms with Crippen molar-refractivity contribution in [2.24, 2.45) is 0 Å². The van der Waals surface area contributed by atoms with E-state index in [4.69, 9.17) is 11.6 Å². The number of piperidine rings is 1. The number of aliphatic hydroxyl groups excluding tert-OH is 1. The Morgan fingerprint density at radius 2 is 2.00 bits per heavy atom. The average molecular weight is 286 g/mol. The predicted octanol–water partition coefficient (Wildman–Crippen LogP) is 2.85. The normalized spacial score (nSPS) is 19.6. The number of aryl methyl sites for hydroxylation is 1. The Kier molecular flexibility index (Phi) is 4.54. The fourth-order valence-electron chi connectivity index (χ4n) is 2.87. The molecule has 108 valence electrons. The van der Waals surface area contributed by atoms with Crippen molar-refractivity contribution in [1.29, 1.82) is 0 Å². The maximum atomic E-state index is 10.8. The molecule has 0 aliphatic carbocycles. The summed E-state index contributed by atoms with van der Waals surface area (Å²) in [5, 5.41) is 15.6. The first-order valence-electron chi connectivity index (χ1n) is 7.12. The number of hydrogen-bond acceptors (Lipinski definition) is 3. The summed E-state index contributed by atoms with van der Waals surface area (Å²) in [5.41, 5.74) is 0.413. The van der Waals surface area contributed by atoms with Crippen LogP contribution in [-0.4, -0.2) is 38.4 Å². The predicted molar refractivity (Wildman–Crippen MR) is 77.4 cm³/mol. The molecule has 0 saturated carbocycles. The average Bonchev–Trinajstić information content (AvgIpc) is 2.79. The summed E-state index contributed by atoms with van der Waals surface area (Å²) in [6.45, 7) is 8.99. The second kappa shape index (κ2) is 5.81. The zero-order valence-corrected chi connectivity index (χ0v) is 12.8. The van der Waals surface area contributed by atoms with E-state index in [0.717, 1.165) is 25.3 Å². The van der Waals surface area contributed by atoms with Crippen molar-refractivity contribution in [3.63, 3.8) is 0 Å². The highest BCUT2D eigenvalue weighted by Gasteiger charge is 2.38. The summed E-state index contributed by atoms with van der Waals surface area (Å²) in [6.07, 6.45) is 4.70. The van der Waals surface area contributed by atoms with Crippen LogP contribution in [0.2, 0.25) is 5.02 Å². The molecule has 1 saturated heterocycles. The first-order valence-corrected chi connectivity index (χ1v) is 7.50. The van der Waals surface area contributed by atoms with Gasteiger partial charge in [0.1, 0.15) is 6.10 Å². The Labute approximate surface area is 120 Å². The topological polar surface area (TPSA) is 41.3 Å². The molecule has 0 radical (unpaired) electrons. The van der Waals surface area contributed by atoms with Crippen LogP contribution in [0.15, 0.2) is 6.20 Å². The zero-order valence-electron chi connectivity index (χ0n) is 12.1. The van der Waals surface area contributed by atoms with Gasteiger partial charge in [-0.15, -0.1) is 0 Å². The smallest absolute Gasteiger partial charge is 0.115 e. The van der Waals surface area contributed by atoms with E-state index in [1.54, 1.807) is 10.9 Å². The minimum Gasteiger partial charge on any atom is -0.385 e. The quantitative estimate of drug-likeness (QED) is 0.925. The molecule has 0 aromatic carbocycles. The summed E-state index contributed by atoms with van der Waals surface area (Å²) in [6, 6.07) is 0. The van der Waals surface area contributed by atoms with Crippen LogP contribution < -0.4 is 0 Å². The summed E-state index contributed by atoms with van der Waals surface area (Å²) < 4.78 is 1.79. The van der Waals surface area contributed by atoms with Gasteiger partial charge in [-0.2, -0.15) is 5.10 Å². The van der Waals surface area contributed by atoms with Gasteiger partial charge in [-0.1, -0.05) is 18.0 Å². The Balaban J connectivity index is 2.25. The SMILES string of the molecule is CCn1ncc(Cl)c1C(O)C(C)(C)N1CCCCC1. The fraction of sp³-hybridized carbons (Fsp3) is 0.786. The lowest BCUT2D eigenvalue weighted by Crippen LogP contribution is -2.51. The molecule has 1 unspecified atom stereocenters. The maximum Gasteiger partial charge on any atom is 0.115 e. The van der Waals surface area contributed by atoms with Crippen molar-refractivity contribution in [2.45, 2.75) is 58.2 Å². The summed E-state index contributed by atoms with van der Waals surface area (Å²) in [4.78, 5) is 2.37. The van der Waals surface area contributed by atoms with Gasteiger partial charge in [-0.3, -0.25) is 9.58 Å². The van der Waals surface area contributed by atoms with Gasteiger partial charge in [0.2, 0.25) is 0 Å². The summed E-state index contributed by atoms with van der Waals surface area (Å²) >= 11 is 6.20. The highest BCUT2D eigenvalue weighted by Crippen LogP contribution is 2.36. The third-order valence-corrected chi connectivity index (χ3v) is 4.52. The van der Waals surface area contributed by atoms with Crippen LogP contribution >= 0.6 is 11.6 Å². The van der Waals surface area contributed by atoms with Gasteiger partial charge < -0.3 is 5.11 Å². The van der Waals surface area contributed by atoms with E-state index < -0.39 is 6.10 Å². The highest BCUT2D eigenvalue weighted by atomic mass is 35.5. The third-order valence-electron chi connectivity index (χ3n) is 4.23. The van der Waals surface area contributed by atoms with Crippen LogP contribution in [0.1, 0.15) is 51.8 Å². The second-order valence-electron chi connectivity index (χ2n) is 5.80. The first-order chi connectivity index (χ1) is 8.98. The first kappa shape index (κ1) is 14.8. The number of rotatable bonds is 4. The fourth-order valence-corrected chi connectivity index (χ4v) is 3.12. The molecule has 0 bridgehead atoms. The second-order valence-corrected chi connectivity index (χ2v) is 6.20. The minimum atomic E-state index is -0.624. The van der Waals surface area contributed by atoms with Crippen molar-refractivity contribution >= 4 is 11.6 Å². The van der Waals surface area contributed by atoms with Crippen molar-refractivity contribution in [3.05, 3.63) is 16.9 Å². The molecule has 1 fully saturated rings. The van der Waals surface area contributed by atoms with Gasteiger partial charge in [-0.05, 0) is 46.7 Å². The number of nitrogens with zero attached hydrogens (tertiary/aromatic N) is 3. The van der Waals surface area contributed by atoms with Crippen LogP contribution in [0.5, 0.6) is 0 Å². The zero-order chi connectivity index (χ0) is 14.0. The van der Waals surface area contributed by atoms with Crippen molar-refractivity contribution in [2.75, 3.05) is 13.1 Å². The van der Waals surface area contributed by atoms with Crippen molar-refractivity contribution in [3.8, 4) is 0 Å². The van der Waals surface area contributed by atoms with E-state index in [1.165, 1.54) is 19.3 Å². The Hall–Kier alpha value is -0.580. The number of likely N-dealkylation sites (tertiary alicyclic amines) is 1. The molecule has 1 aliphatic heterocycles. The van der Waals surface area contributed by atoms with E-state index in [-0.39, 0.29) is 5.54 Å². The number of aliphatic hydroxyl groups is 1. The van der Waals surface area contributed by atoms with Crippen molar-refractivity contribution in [1.82, 2.24) is 14.7 Å². The van der Waals surface area contributed by atoms with Crippen LogP contribution in [0, 0.1) is 0 Å². The lowest BCUT2D eigenvalue weighted by Gasteiger charge is -2.44. The largest absolute Gasteiger partial charge is 0.385 e. The van der Waals surface area contributed by atoms with Crippen LogP contribution in [0.3, 0.4) is 0 Å². The van der Waals surface area contributed by atoms with Gasteiger partial charge >= 0.3 is 0 Å². The molecule has 1 N–H and O–H groups in total. The van der Waals surface area contributed by atoms with E-state index in [9.17, 15) is 5.11 Å². The number of hydrogen-bond donors (Lipinski definition) is 1. The maximum absolute atomic E-state index is 10.8. The van der Waals surface area contributed by atoms with Crippen molar-refractivity contribution < 1.29 is 5.11 Å². The molecular weight excluding hydrogens is 262 g/mol. The van der Waals surface area contributed by atoms with Gasteiger partial charge in [0.15, 0.2) is 0 Å². The highest BCUT2D eigenvalue weighted by molar-refractivity contribution is 6.31. The monoisotopic (exact) mass is 285 g/mol. The lowest BCUT2D eigenvalue weighted by molar-refractivity contribution is -0.0250. The third kappa shape index (κ3) is 2.81. The molecule has 1 aromatic rings. The van der Waals surface area contributed by atoms with Gasteiger partial charge in [0.05, 0.1) is 16.9 Å². The lowest BCUT2D eigenvalue weighted by atomic mass is 9.90. The standard InChI is InChI=1S/C14H24ClN3O/c1-4-18-12(11(15)10-16-18)13(19)14(2,3)17-8-6-5-7-9-17/h10,13,19H,4-9H2,1-3H3. The van der Waals surface area contributed by atoms with E-state index in [0.29, 0.717) is 5.02 Å². The number of aromatic nitrogens is 2. The van der Waals surface area contributed by atoms with E-state index in [2.05, 4.69) is 23.8 Å². The molecule has 2 heterocycles. The number of halogens is 1. The molecule has 4 nitrogen and oxygen atoms in total. The Morgan fingerprint density at radius 1 is 1.37 bits per heavy atom. The summed E-state index contributed by atoms with van der Waals surface area (Å²) in [5.74, 6) is 0. The molecule has 1 aromatic heterocycles. The molecule has 0 spiro atoms. The van der Waals surface area contributed by atoms with E-state index >= 15 is 0 Å². The molecular formula is C14H24ClN3O. The molecule has 1 atom stereocenters. The van der Waals surface area contributed by atoms with E-state index in [1.807, 2.05) is 6.92 Å². The Bertz CT molecular complexity index is 424. The molecule has 1 aliphatic rings. The van der Waals surface area contributed by atoms with Crippen LogP contribution in [-0.2, 0) is 6.54 Å². The Morgan fingerprint density at radius 3 is 2.58 bits per heavy atom.